The lowest BCUT2D eigenvalue weighted by Gasteiger charge is -2.27. The zero-order valence-corrected chi connectivity index (χ0v) is 20.9. The quantitative estimate of drug-likeness (QED) is 0.342. The zero-order chi connectivity index (χ0) is 18.0. The second-order valence-corrected chi connectivity index (χ2v) is 29.2. The summed E-state index contributed by atoms with van der Waals surface area (Å²) < 4.78 is 9.64. The molecule has 0 N–H and O–H groups in total. The van der Waals surface area contributed by atoms with Crippen LogP contribution < -0.4 is 0 Å². The molecule has 2 nitrogen and oxygen atoms in total. The van der Waals surface area contributed by atoms with E-state index in [0.29, 0.717) is 0 Å². The third kappa shape index (κ3) is 9.03. The fourth-order valence-corrected chi connectivity index (χ4v) is 7.41. The van der Waals surface area contributed by atoms with Gasteiger partial charge in [-0.15, -0.1) is 0 Å². The summed E-state index contributed by atoms with van der Waals surface area (Å²) in [7, 11) is -6.05. The van der Waals surface area contributed by atoms with Gasteiger partial charge in [0.15, 0.2) is 16.5 Å². The molecule has 0 aliphatic rings. The molecule has 0 aliphatic carbocycles. The van der Waals surface area contributed by atoms with E-state index in [2.05, 4.69) is 90.3 Å². The Morgan fingerprint density at radius 3 is 0.864 bits per heavy atom. The highest BCUT2D eigenvalue weighted by molar-refractivity contribution is 6.94. The van der Waals surface area contributed by atoms with Crippen molar-refractivity contribution in [1.29, 1.82) is 0 Å². The fourth-order valence-electron chi connectivity index (χ4n) is 1.64. The second kappa shape index (κ2) is 7.12. The van der Waals surface area contributed by atoms with Crippen LogP contribution in [0.3, 0.4) is 0 Å². The van der Waals surface area contributed by atoms with Gasteiger partial charge in [-0.1, -0.05) is 39.3 Å². The Morgan fingerprint density at radius 1 is 0.500 bits per heavy atom. The van der Waals surface area contributed by atoms with Gasteiger partial charge in [0.1, 0.15) is 0 Å². The van der Waals surface area contributed by atoms with Crippen molar-refractivity contribution in [3.8, 4) is 0 Å². The molecule has 0 aromatic carbocycles. The van der Waals surface area contributed by atoms with Crippen LogP contribution >= 0.6 is 0 Å². The summed E-state index contributed by atoms with van der Waals surface area (Å²) >= 11 is 0. The molecule has 0 rings (SSSR count). The van der Waals surface area contributed by atoms with E-state index >= 15 is 0 Å². The SMILES string of the molecule is C[Si](C)(C)N=C=C(C(=C=N[Si](C)(C)C)[Si](C)(C)C)[Si](C)(C)C. The molecule has 0 atom stereocenters. The van der Waals surface area contributed by atoms with Crippen LogP contribution in [0.25, 0.3) is 0 Å². The van der Waals surface area contributed by atoms with Crippen molar-refractivity contribution in [2.24, 2.45) is 9.32 Å². The van der Waals surface area contributed by atoms with Crippen molar-refractivity contribution < 1.29 is 0 Å². The predicted molar refractivity (Wildman–Crippen MR) is 115 cm³/mol. The predicted octanol–water partition coefficient (Wildman–Crippen LogP) is 5.60. The Kier molecular flexibility index (Phi) is 7.04. The maximum Gasteiger partial charge on any atom is 0.184 e. The highest BCUT2D eigenvalue weighted by atomic mass is 28.3. The summed E-state index contributed by atoms with van der Waals surface area (Å²) in [5.41, 5.74) is 0. The van der Waals surface area contributed by atoms with Crippen LogP contribution in [-0.2, 0) is 0 Å². The first-order chi connectivity index (χ1) is 9.43. The monoisotopic (exact) mass is 368 g/mol. The standard InChI is InChI=1S/C16H36N2Si4/c1-19(2,3)15(13-17-21(7,8)9)16(20(4,5)6)14-18-22(10,11)12/h1-12H3. The van der Waals surface area contributed by atoms with Crippen molar-refractivity contribution in [2.45, 2.75) is 78.6 Å². The van der Waals surface area contributed by atoms with Crippen molar-refractivity contribution in [2.75, 3.05) is 0 Å². The number of hydrogen-bond donors (Lipinski definition) is 0. The average Bonchev–Trinajstić information content (AvgIpc) is 2.15. The summed E-state index contributed by atoms with van der Waals surface area (Å²) in [4.78, 5) is 0. The fraction of sp³-hybridized carbons (Fsp3) is 0.750. The van der Waals surface area contributed by atoms with Gasteiger partial charge >= 0.3 is 0 Å². The van der Waals surface area contributed by atoms with E-state index in [1.165, 1.54) is 10.4 Å². The lowest BCUT2D eigenvalue weighted by Crippen LogP contribution is -2.36. The van der Waals surface area contributed by atoms with E-state index in [0.717, 1.165) is 0 Å². The third-order valence-corrected chi connectivity index (χ3v) is 8.30. The molecule has 0 bridgehead atoms. The number of allylic oxidation sites excluding steroid dienone is 2. The van der Waals surface area contributed by atoms with E-state index in [9.17, 15) is 0 Å². The minimum absolute atomic E-state index is 1.34. The minimum atomic E-state index is -1.53. The maximum absolute atomic E-state index is 4.82. The largest absolute Gasteiger partial charge is 0.284 e. The molecule has 126 valence electrons. The van der Waals surface area contributed by atoms with Gasteiger partial charge in [-0.05, 0) is 51.0 Å². The number of hydrogen-bond acceptors (Lipinski definition) is 2. The first kappa shape index (κ1) is 21.8. The van der Waals surface area contributed by atoms with Crippen LogP contribution in [0.2, 0.25) is 78.6 Å². The first-order valence-corrected chi connectivity index (χ1v) is 22.0. The average molecular weight is 369 g/mol. The lowest BCUT2D eigenvalue weighted by molar-refractivity contribution is 1.55. The maximum atomic E-state index is 4.82. The van der Waals surface area contributed by atoms with Crippen molar-refractivity contribution in [3.05, 3.63) is 10.4 Å². The molecule has 0 aliphatic heterocycles. The zero-order valence-electron chi connectivity index (χ0n) is 16.9. The summed E-state index contributed by atoms with van der Waals surface area (Å²) in [6.07, 6.45) is 0. The highest BCUT2D eigenvalue weighted by Crippen LogP contribution is 2.26. The molecule has 0 unspecified atom stereocenters. The van der Waals surface area contributed by atoms with Crippen LogP contribution in [-0.4, -0.2) is 44.4 Å². The molecule has 0 radical (unpaired) electrons. The Bertz CT molecular complexity index is 472. The summed E-state index contributed by atoms with van der Waals surface area (Å²) in [6, 6.07) is 0. The van der Waals surface area contributed by atoms with E-state index in [1.54, 1.807) is 0 Å². The van der Waals surface area contributed by atoms with Gasteiger partial charge in [0.2, 0.25) is 0 Å². The number of nitrogens with zero attached hydrogens (tertiary/aromatic N) is 2. The van der Waals surface area contributed by atoms with Gasteiger partial charge in [-0.3, -0.25) is 9.32 Å². The van der Waals surface area contributed by atoms with Crippen LogP contribution in [0.15, 0.2) is 19.7 Å². The molecule has 0 fully saturated rings. The molecule has 0 spiro atoms. The summed E-state index contributed by atoms with van der Waals surface area (Å²) in [5.74, 6) is 7.00. The van der Waals surface area contributed by atoms with E-state index < -0.39 is 32.6 Å². The molecule has 0 saturated heterocycles. The van der Waals surface area contributed by atoms with Crippen molar-refractivity contribution in [1.82, 2.24) is 0 Å². The molecular formula is C16H36N2Si4. The van der Waals surface area contributed by atoms with Gasteiger partial charge in [0, 0.05) is 10.4 Å². The second-order valence-electron chi connectivity index (χ2n) is 10.0. The smallest absolute Gasteiger partial charge is 0.184 e. The minimum Gasteiger partial charge on any atom is -0.284 e. The van der Waals surface area contributed by atoms with Gasteiger partial charge in [0.05, 0.1) is 16.1 Å². The van der Waals surface area contributed by atoms with E-state index in [4.69, 9.17) is 9.32 Å². The van der Waals surface area contributed by atoms with E-state index in [1.807, 2.05) is 0 Å². The van der Waals surface area contributed by atoms with Crippen LogP contribution in [0.5, 0.6) is 0 Å². The number of rotatable bonds is 5. The molecule has 0 heterocycles. The molecule has 0 aromatic rings. The van der Waals surface area contributed by atoms with Crippen LogP contribution in [0, 0.1) is 0 Å². The molecule has 0 amide bonds. The molecule has 0 saturated carbocycles. The highest BCUT2D eigenvalue weighted by Gasteiger charge is 2.32. The Morgan fingerprint density at radius 2 is 0.727 bits per heavy atom. The summed E-state index contributed by atoms with van der Waals surface area (Å²) in [6.45, 7) is 27.8. The lowest BCUT2D eigenvalue weighted by atomic mass is 10.6. The topological polar surface area (TPSA) is 24.7 Å². The van der Waals surface area contributed by atoms with Crippen LogP contribution in [0.1, 0.15) is 0 Å². The Balaban J connectivity index is 6.52. The van der Waals surface area contributed by atoms with Crippen molar-refractivity contribution in [3.63, 3.8) is 0 Å². The molecule has 22 heavy (non-hydrogen) atoms. The van der Waals surface area contributed by atoms with Gasteiger partial charge in [-0.25, -0.2) is 0 Å². The first-order valence-electron chi connectivity index (χ1n) is 8.14. The molecule has 0 aromatic heterocycles. The summed E-state index contributed by atoms with van der Waals surface area (Å²) in [5, 5.41) is 2.69. The third-order valence-electron chi connectivity index (χ3n) is 2.76. The van der Waals surface area contributed by atoms with Crippen LogP contribution in [0.4, 0.5) is 0 Å². The molecule has 6 heteroatoms. The Hall–Kier alpha value is -0.232. The van der Waals surface area contributed by atoms with Gasteiger partial charge in [-0.2, -0.15) is 0 Å². The Labute approximate surface area is 142 Å². The molecular weight excluding hydrogens is 333 g/mol. The normalized spacial score (nSPS) is 13.1. The van der Waals surface area contributed by atoms with Gasteiger partial charge < -0.3 is 0 Å². The van der Waals surface area contributed by atoms with E-state index in [-0.39, 0.29) is 0 Å². The van der Waals surface area contributed by atoms with Crippen molar-refractivity contribution >= 4 is 44.4 Å². The van der Waals surface area contributed by atoms with Gasteiger partial charge in [0.25, 0.3) is 0 Å².